The number of unbranched alkanes of at least 4 members (excludes halogenated alkanes) is 1. The zero-order chi connectivity index (χ0) is 14.8. The Bertz CT molecular complexity index is 198. The molecule has 0 aliphatic rings. The van der Waals surface area contributed by atoms with Crippen molar-refractivity contribution in [3.8, 4) is 0 Å². The number of nitrogens with zero attached hydrogens (tertiary/aromatic N) is 1. The fourth-order valence-corrected chi connectivity index (χ4v) is 2.98. The van der Waals surface area contributed by atoms with Gasteiger partial charge in [-0.3, -0.25) is 0 Å². The van der Waals surface area contributed by atoms with Gasteiger partial charge < -0.3 is 4.90 Å². The third kappa shape index (κ3) is 9.49. The maximum Gasteiger partial charge on any atom is 0.00695 e. The Kier molecular flexibility index (Phi) is 10.7. The highest BCUT2D eigenvalue weighted by Crippen LogP contribution is 2.19. The maximum absolute atomic E-state index is 2.76. The Morgan fingerprint density at radius 1 is 0.842 bits per heavy atom. The van der Waals surface area contributed by atoms with Crippen LogP contribution < -0.4 is 0 Å². The molecule has 19 heavy (non-hydrogen) atoms. The number of hydrogen-bond donors (Lipinski definition) is 0. The van der Waals surface area contributed by atoms with Crippen molar-refractivity contribution in [1.82, 2.24) is 4.90 Å². The van der Waals surface area contributed by atoms with Crippen molar-refractivity contribution in [3.63, 3.8) is 0 Å². The average molecular weight is 270 g/mol. The topological polar surface area (TPSA) is 3.24 Å². The van der Waals surface area contributed by atoms with E-state index < -0.39 is 0 Å². The van der Waals surface area contributed by atoms with Gasteiger partial charge in [-0.1, -0.05) is 60.8 Å². The third-order valence-electron chi connectivity index (χ3n) is 4.07. The molecule has 1 heteroatoms. The molecule has 0 saturated carbocycles. The van der Waals surface area contributed by atoms with Gasteiger partial charge in [0.05, 0.1) is 0 Å². The average Bonchev–Trinajstić information content (AvgIpc) is 2.31. The van der Waals surface area contributed by atoms with Crippen LogP contribution in [0.3, 0.4) is 0 Å². The summed E-state index contributed by atoms with van der Waals surface area (Å²) in [5.74, 6) is 2.48. The lowest BCUT2D eigenvalue weighted by atomic mass is 9.96. The molecule has 0 fully saturated rings. The van der Waals surface area contributed by atoms with Crippen LogP contribution in [0.1, 0.15) is 80.6 Å². The predicted octanol–water partition coefficient (Wildman–Crippen LogP) is 5.60. The molecule has 0 radical (unpaired) electrons. The van der Waals surface area contributed by atoms with E-state index >= 15 is 0 Å². The van der Waals surface area contributed by atoms with Crippen LogP contribution >= 0.6 is 0 Å². The van der Waals surface area contributed by atoms with Gasteiger partial charge in [-0.15, -0.1) is 0 Å². The van der Waals surface area contributed by atoms with Crippen LogP contribution in [0.15, 0.2) is 0 Å². The minimum atomic E-state index is 0.734. The Labute approximate surface area is 123 Å². The van der Waals surface area contributed by atoms with Crippen molar-refractivity contribution in [2.24, 2.45) is 17.8 Å². The van der Waals surface area contributed by atoms with Crippen molar-refractivity contribution >= 4 is 0 Å². The molecule has 0 saturated heterocycles. The first-order chi connectivity index (χ1) is 8.90. The first-order valence-corrected chi connectivity index (χ1v) is 8.64. The summed E-state index contributed by atoms with van der Waals surface area (Å²) in [6.07, 6.45) is 6.81. The van der Waals surface area contributed by atoms with Crippen LogP contribution in [0.5, 0.6) is 0 Å². The third-order valence-corrected chi connectivity index (χ3v) is 4.07. The number of rotatable bonds is 11. The van der Waals surface area contributed by atoms with E-state index in [1.165, 1.54) is 45.2 Å². The molecule has 0 aromatic heterocycles. The van der Waals surface area contributed by atoms with Crippen molar-refractivity contribution in [2.75, 3.05) is 13.1 Å². The van der Waals surface area contributed by atoms with E-state index in [0.717, 1.165) is 23.8 Å². The normalized spacial score (nSPS) is 15.5. The monoisotopic (exact) mass is 269 g/mol. The lowest BCUT2D eigenvalue weighted by Crippen LogP contribution is -2.40. The van der Waals surface area contributed by atoms with E-state index in [2.05, 4.69) is 53.4 Å². The molecular weight excluding hydrogens is 230 g/mol. The van der Waals surface area contributed by atoms with Crippen molar-refractivity contribution in [1.29, 1.82) is 0 Å². The van der Waals surface area contributed by atoms with Gasteiger partial charge in [-0.05, 0) is 37.5 Å². The largest absolute Gasteiger partial charge is 0.300 e. The Morgan fingerprint density at radius 3 is 1.89 bits per heavy atom. The first kappa shape index (κ1) is 19.0. The second kappa shape index (κ2) is 10.7. The van der Waals surface area contributed by atoms with E-state index in [-0.39, 0.29) is 0 Å². The number of hydrogen-bond acceptors (Lipinski definition) is 1. The van der Waals surface area contributed by atoms with Crippen molar-refractivity contribution < 1.29 is 0 Å². The summed E-state index contributed by atoms with van der Waals surface area (Å²) < 4.78 is 0. The summed E-state index contributed by atoms with van der Waals surface area (Å²) in [5, 5.41) is 0. The highest BCUT2D eigenvalue weighted by atomic mass is 15.2. The molecular formula is C18H39N. The zero-order valence-electron chi connectivity index (χ0n) is 14.7. The molecule has 0 N–H and O–H groups in total. The van der Waals surface area contributed by atoms with Crippen LogP contribution in [-0.4, -0.2) is 24.0 Å². The molecule has 0 rings (SSSR count). The molecule has 0 spiro atoms. The van der Waals surface area contributed by atoms with Crippen LogP contribution in [0, 0.1) is 17.8 Å². The molecule has 2 unspecified atom stereocenters. The SMILES string of the molecule is CCCCC(CC)CN(CC(C)C)C(C)CC(C)C. The van der Waals surface area contributed by atoms with Gasteiger partial charge in [0.25, 0.3) is 0 Å². The summed E-state index contributed by atoms with van der Waals surface area (Å²) in [6, 6.07) is 0.734. The lowest BCUT2D eigenvalue weighted by Gasteiger charge is -2.34. The fourth-order valence-electron chi connectivity index (χ4n) is 2.98. The van der Waals surface area contributed by atoms with E-state index in [1.807, 2.05) is 0 Å². The highest BCUT2D eigenvalue weighted by molar-refractivity contribution is 4.73. The smallest absolute Gasteiger partial charge is 0.00695 e. The van der Waals surface area contributed by atoms with Gasteiger partial charge >= 0.3 is 0 Å². The summed E-state index contributed by atoms with van der Waals surface area (Å²) in [4.78, 5) is 2.76. The van der Waals surface area contributed by atoms with Crippen molar-refractivity contribution in [3.05, 3.63) is 0 Å². The van der Waals surface area contributed by atoms with Gasteiger partial charge in [-0.2, -0.15) is 0 Å². The molecule has 0 aromatic rings. The summed E-state index contributed by atoms with van der Waals surface area (Å²) in [6.45, 7) is 19.1. The molecule has 0 heterocycles. The summed E-state index contributed by atoms with van der Waals surface area (Å²) in [5.41, 5.74) is 0. The van der Waals surface area contributed by atoms with Crippen LogP contribution in [0.4, 0.5) is 0 Å². The minimum absolute atomic E-state index is 0.734. The molecule has 0 aromatic carbocycles. The lowest BCUT2D eigenvalue weighted by molar-refractivity contribution is 0.136. The zero-order valence-corrected chi connectivity index (χ0v) is 14.7. The molecule has 2 atom stereocenters. The Balaban J connectivity index is 4.45. The Hall–Kier alpha value is -0.0400. The summed E-state index contributed by atoms with van der Waals surface area (Å²) >= 11 is 0. The molecule has 0 amide bonds. The van der Waals surface area contributed by atoms with Crippen molar-refractivity contribution in [2.45, 2.75) is 86.6 Å². The highest BCUT2D eigenvalue weighted by Gasteiger charge is 2.19. The van der Waals surface area contributed by atoms with Crippen LogP contribution in [0.25, 0.3) is 0 Å². The quantitative estimate of drug-likeness (QED) is 0.472. The minimum Gasteiger partial charge on any atom is -0.300 e. The molecule has 116 valence electrons. The van der Waals surface area contributed by atoms with E-state index in [0.29, 0.717) is 0 Å². The van der Waals surface area contributed by atoms with Gasteiger partial charge in [0.2, 0.25) is 0 Å². The summed E-state index contributed by atoms with van der Waals surface area (Å²) in [7, 11) is 0. The fraction of sp³-hybridized carbons (Fsp3) is 1.00. The predicted molar refractivity (Wildman–Crippen MR) is 88.6 cm³/mol. The van der Waals surface area contributed by atoms with E-state index in [1.54, 1.807) is 0 Å². The maximum atomic E-state index is 2.76. The molecule has 1 nitrogen and oxygen atoms in total. The second-order valence-electron chi connectivity index (χ2n) is 7.24. The second-order valence-corrected chi connectivity index (χ2v) is 7.24. The van der Waals surface area contributed by atoms with Crippen LogP contribution in [-0.2, 0) is 0 Å². The standard InChI is InChI=1S/C18H39N/c1-8-10-11-18(9-2)14-19(13-16(5)6)17(7)12-15(3)4/h15-18H,8-14H2,1-7H3. The van der Waals surface area contributed by atoms with E-state index in [9.17, 15) is 0 Å². The molecule has 0 aliphatic carbocycles. The first-order valence-electron chi connectivity index (χ1n) is 8.64. The van der Waals surface area contributed by atoms with Gasteiger partial charge in [0.15, 0.2) is 0 Å². The van der Waals surface area contributed by atoms with E-state index in [4.69, 9.17) is 0 Å². The van der Waals surface area contributed by atoms with Crippen LogP contribution in [0.2, 0.25) is 0 Å². The van der Waals surface area contributed by atoms with Gasteiger partial charge in [0, 0.05) is 19.1 Å². The Morgan fingerprint density at radius 2 is 1.47 bits per heavy atom. The van der Waals surface area contributed by atoms with Gasteiger partial charge in [0.1, 0.15) is 0 Å². The molecule has 0 aliphatic heterocycles. The molecule has 0 bridgehead atoms. The van der Waals surface area contributed by atoms with Gasteiger partial charge in [-0.25, -0.2) is 0 Å².